The standard InChI is InChI=1S/C11H17N3O/c1-9(10-3-2-4-12-7-10)15-11-8-13-5-6-14-11/h5-6,8-10,12H,2-4,7H2,1H3. The molecule has 1 aliphatic heterocycles. The highest BCUT2D eigenvalue weighted by atomic mass is 16.5. The van der Waals surface area contributed by atoms with E-state index in [1.54, 1.807) is 18.6 Å². The molecular weight excluding hydrogens is 190 g/mol. The third kappa shape index (κ3) is 2.89. The Bertz CT molecular complexity index is 285. The molecule has 2 atom stereocenters. The number of aromatic nitrogens is 2. The van der Waals surface area contributed by atoms with Crippen molar-refractivity contribution >= 4 is 0 Å². The monoisotopic (exact) mass is 207 g/mol. The smallest absolute Gasteiger partial charge is 0.232 e. The second-order valence-electron chi connectivity index (χ2n) is 3.97. The molecule has 1 aromatic rings. The van der Waals surface area contributed by atoms with Crippen molar-refractivity contribution < 1.29 is 4.74 Å². The van der Waals surface area contributed by atoms with E-state index in [1.165, 1.54) is 12.8 Å². The van der Waals surface area contributed by atoms with Crippen LogP contribution in [0.2, 0.25) is 0 Å². The lowest BCUT2D eigenvalue weighted by Gasteiger charge is -2.28. The van der Waals surface area contributed by atoms with Gasteiger partial charge in [-0.05, 0) is 26.3 Å². The Kier molecular flexibility index (Phi) is 3.50. The van der Waals surface area contributed by atoms with Crippen LogP contribution in [0.5, 0.6) is 5.88 Å². The minimum Gasteiger partial charge on any atom is -0.473 e. The van der Waals surface area contributed by atoms with E-state index < -0.39 is 0 Å². The molecule has 1 saturated heterocycles. The molecule has 0 amide bonds. The second kappa shape index (κ2) is 5.07. The Labute approximate surface area is 90.1 Å². The summed E-state index contributed by atoms with van der Waals surface area (Å²) < 4.78 is 5.74. The molecule has 0 saturated carbocycles. The van der Waals surface area contributed by atoms with Gasteiger partial charge in [-0.15, -0.1) is 0 Å². The molecular formula is C11H17N3O. The van der Waals surface area contributed by atoms with Gasteiger partial charge in [0, 0.05) is 24.9 Å². The molecule has 0 bridgehead atoms. The van der Waals surface area contributed by atoms with Gasteiger partial charge in [-0.2, -0.15) is 0 Å². The summed E-state index contributed by atoms with van der Waals surface area (Å²) in [4.78, 5) is 8.09. The fourth-order valence-electron chi connectivity index (χ4n) is 1.91. The van der Waals surface area contributed by atoms with E-state index in [4.69, 9.17) is 4.74 Å². The van der Waals surface area contributed by atoms with Crippen molar-refractivity contribution in [2.24, 2.45) is 5.92 Å². The summed E-state index contributed by atoms with van der Waals surface area (Å²) in [7, 11) is 0. The highest BCUT2D eigenvalue weighted by Crippen LogP contribution is 2.18. The van der Waals surface area contributed by atoms with Crippen LogP contribution in [0.1, 0.15) is 19.8 Å². The van der Waals surface area contributed by atoms with Crippen molar-refractivity contribution in [1.82, 2.24) is 15.3 Å². The Hall–Kier alpha value is -1.16. The number of piperidine rings is 1. The topological polar surface area (TPSA) is 47.0 Å². The average Bonchev–Trinajstić information content (AvgIpc) is 2.31. The van der Waals surface area contributed by atoms with Gasteiger partial charge in [0.2, 0.25) is 5.88 Å². The molecule has 0 radical (unpaired) electrons. The molecule has 0 aromatic carbocycles. The quantitative estimate of drug-likeness (QED) is 0.810. The summed E-state index contributed by atoms with van der Waals surface area (Å²) in [5, 5.41) is 3.39. The zero-order valence-electron chi connectivity index (χ0n) is 9.02. The van der Waals surface area contributed by atoms with Crippen molar-refractivity contribution in [2.45, 2.75) is 25.9 Å². The van der Waals surface area contributed by atoms with Crippen molar-refractivity contribution in [3.05, 3.63) is 18.6 Å². The molecule has 4 heteroatoms. The average molecular weight is 207 g/mol. The van der Waals surface area contributed by atoms with Crippen LogP contribution in [0.3, 0.4) is 0 Å². The lowest BCUT2D eigenvalue weighted by molar-refractivity contribution is 0.125. The number of hydrogen-bond acceptors (Lipinski definition) is 4. The summed E-state index contributed by atoms with van der Waals surface area (Å²) in [5.74, 6) is 1.20. The van der Waals surface area contributed by atoms with Crippen molar-refractivity contribution in [3.63, 3.8) is 0 Å². The number of ether oxygens (including phenoxy) is 1. The number of nitrogens with one attached hydrogen (secondary N) is 1. The fourth-order valence-corrected chi connectivity index (χ4v) is 1.91. The third-order valence-corrected chi connectivity index (χ3v) is 2.84. The number of hydrogen-bond donors (Lipinski definition) is 1. The fraction of sp³-hybridized carbons (Fsp3) is 0.636. The van der Waals surface area contributed by atoms with Gasteiger partial charge in [0.05, 0.1) is 6.20 Å². The number of nitrogens with zero attached hydrogens (tertiary/aromatic N) is 2. The SMILES string of the molecule is CC(Oc1cnccn1)C1CCCNC1. The summed E-state index contributed by atoms with van der Waals surface area (Å²) in [5.41, 5.74) is 0. The van der Waals surface area contributed by atoms with Crippen LogP contribution in [-0.2, 0) is 0 Å². The minimum absolute atomic E-state index is 0.203. The zero-order chi connectivity index (χ0) is 10.5. The maximum Gasteiger partial charge on any atom is 0.232 e. The summed E-state index contributed by atoms with van der Waals surface area (Å²) >= 11 is 0. The van der Waals surface area contributed by atoms with Crippen LogP contribution in [0.4, 0.5) is 0 Å². The van der Waals surface area contributed by atoms with E-state index >= 15 is 0 Å². The van der Waals surface area contributed by atoms with Crippen LogP contribution in [0.25, 0.3) is 0 Å². The highest BCUT2D eigenvalue weighted by Gasteiger charge is 2.21. The summed E-state index contributed by atoms with van der Waals surface area (Å²) in [6.07, 6.45) is 7.63. The molecule has 1 aliphatic rings. The van der Waals surface area contributed by atoms with Gasteiger partial charge in [-0.25, -0.2) is 4.98 Å². The lowest BCUT2D eigenvalue weighted by atomic mass is 9.95. The zero-order valence-corrected chi connectivity index (χ0v) is 9.02. The highest BCUT2D eigenvalue weighted by molar-refractivity contribution is 5.02. The molecule has 1 aromatic heterocycles. The molecule has 2 unspecified atom stereocenters. The minimum atomic E-state index is 0.203. The predicted molar refractivity (Wildman–Crippen MR) is 57.7 cm³/mol. The van der Waals surface area contributed by atoms with E-state index in [9.17, 15) is 0 Å². The van der Waals surface area contributed by atoms with E-state index in [0.717, 1.165) is 13.1 Å². The van der Waals surface area contributed by atoms with Gasteiger partial charge < -0.3 is 10.1 Å². The Balaban J connectivity index is 1.88. The van der Waals surface area contributed by atoms with Crippen LogP contribution in [0, 0.1) is 5.92 Å². The molecule has 82 valence electrons. The van der Waals surface area contributed by atoms with Gasteiger partial charge in [0.15, 0.2) is 0 Å². The first-order valence-corrected chi connectivity index (χ1v) is 5.49. The molecule has 0 spiro atoms. The van der Waals surface area contributed by atoms with E-state index in [0.29, 0.717) is 11.8 Å². The van der Waals surface area contributed by atoms with E-state index in [2.05, 4.69) is 22.2 Å². The van der Waals surface area contributed by atoms with Gasteiger partial charge >= 0.3 is 0 Å². The normalized spacial score (nSPS) is 23.4. The molecule has 1 fully saturated rings. The van der Waals surface area contributed by atoms with Gasteiger partial charge in [-0.1, -0.05) is 0 Å². The summed E-state index contributed by atoms with van der Waals surface area (Å²) in [6.45, 7) is 4.28. The van der Waals surface area contributed by atoms with Crippen molar-refractivity contribution in [3.8, 4) is 5.88 Å². The predicted octanol–water partition coefficient (Wildman–Crippen LogP) is 1.24. The number of rotatable bonds is 3. The maximum atomic E-state index is 5.74. The lowest BCUT2D eigenvalue weighted by Crippen LogP contribution is -2.38. The van der Waals surface area contributed by atoms with Gasteiger partial charge in [0.1, 0.15) is 6.10 Å². The van der Waals surface area contributed by atoms with Crippen LogP contribution >= 0.6 is 0 Å². The first kappa shape index (κ1) is 10.4. The van der Waals surface area contributed by atoms with Crippen LogP contribution in [-0.4, -0.2) is 29.2 Å². The Morgan fingerprint density at radius 3 is 3.13 bits per heavy atom. The Morgan fingerprint density at radius 2 is 2.47 bits per heavy atom. The van der Waals surface area contributed by atoms with Crippen LogP contribution in [0.15, 0.2) is 18.6 Å². The molecule has 1 N–H and O–H groups in total. The van der Waals surface area contributed by atoms with E-state index in [1.807, 2.05) is 0 Å². The Morgan fingerprint density at radius 1 is 1.53 bits per heavy atom. The molecule has 2 rings (SSSR count). The largest absolute Gasteiger partial charge is 0.473 e. The van der Waals surface area contributed by atoms with Crippen molar-refractivity contribution in [2.75, 3.05) is 13.1 Å². The molecule has 15 heavy (non-hydrogen) atoms. The molecule has 4 nitrogen and oxygen atoms in total. The van der Waals surface area contributed by atoms with Gasteiger partial charge in [0.25, 0.3) is 0 Å². The van der Waals surface area contributed by atoms with E-state index in [-0.39, 0.29) is 6.10 Å². The first-order valence-electron chi connectivity index (χ1n) is 5.49. The summed E-state index contributed by atoms with van der Waals surface area (Å²) in [6, 6.07) is 0. The molecule has 0 aliphatic carbocycles. The van der Waals surface area contributed by atoms with Gasteiger partial charge in [-0.3, -0.25) is 4.98 Å². The maximum absolute atomic E-state index is 5.74. The van der Waals surface area contributed by atoms with Crippen LogP contribution < -0.4 is 10.1 Å². The second-order valence-corrected chi connectivity index (χ2v) is 3.97. The third-order valence-electron chi connectivity index (χ3n) is 2.84. The van der Waals surface area contributed by atoms with Crippen molar-refractivity contribution in [1.29, 1.82) is 0 Å². The molecule has 2 heterocycles. The first-order chi connectivity index (χ1) is 7.36.